The molecule has 1 saturated heterocycles. The zero-order chi connectivity index (χ0) is 20.1. The highest BCUT2D eigenvalue weighted by atomic mass is 32.2. The van der Waals surface area contributed by atoms with Gasteiger partial charge in [0.1, 0.15) is 5.75 Å². The Morgan fingerprint density at radius 3 is 2.50 bits per heavy atom. The molecule has 0 aromatic heterocycles. The van der Waals surface area contributed by atoms with Crippen LogP contribution in [0.4, 0.5) is 5.69 Å². The summed E-state index contributed by atoms with van der Waals surface area (Å²) in [5.74, 6) is 0.287. The number of carbonyl (C=O) groups excluding carboxylic acids is 1. The molecular weight excluding hydrogens is 378 g/mol. The number of rotatable bonds is 7. The summed E-state index contributed by atoms with van der Waals surface area (Å²) in [6.07, 6.45) is 7.48. The Hall–Kier alpha value is -1.64. The van der Waals surface area contributed by atoms with Gasteiger partial charge in [0.25, 0.3) is 0 Å². The molecular formula is C20H31N3O4S. The number of nitrogens with zero attached hydrogens (tertiary/aromatic N) is 2. The molecule has 0 unspecified atom stereocenters. The molecule has 0 atom stereocenters. The number of ether oxygens (including phenoxy) is 1. The molecule has 1 N–H and O–H groups in total. The maximum atomic E-state index is 12.9. The second-order valence-electron chi connectivity index (χ2n) is 7.73. The second-order valence-corrected chi connectivity index (χ2v) is 9.67. The number of piperidine rings is 1. The highest BCUT2D eigenvalue weighted by Gasteiger charge is 2.27. The zero-order valence-electron chi connectivity index (χ0n) is 16.8. The van der Waals surface area contributed by atoms with Crippen molar-refractivity contribution >= 4 is 21.6 Å². The first-order valence-corrected chi connectivity index (χ1v) is 11.5. The van der Waals surface area contributed by atoms with Gasteiger partial charge in [0.2, 0.25) is 15.9 Å². The normalized spacial score (nSPS) is 19.1. The number of methoxy groups -OCH3 is 1. The average Bonchev–Trinajstić information content (AvgIpc) is 3.23. The maximum Gasteiger partial charge on any atom is 0.243 e. The molecule has 28 heavy (non-hydrogen) atoms. The summed E-state index contributed by atoms with van der Waals surface area (Å²) in [6.45, 7) is 1.36. The molecule has 1 aliphatic heterocycles. The zero-order valence-corrected chi connectivity index (χ0v) is 17.6. The molecule has 0 bridgehead atoms. The van der Waals surface area contributed by atoms with Gasteiger partial charge in [-0.05, 0) is 50.9 Å². The molecule has 7 nitrogen and oxygen atoms in total. The van der Waals surface area contributed by atoms with E-state index in [0.717, 1.165) is 32.1 Å². The van der Waals surface area contributed by atoms with Crippen molar-refractivity contribution in [1.82, 2.24) is 9.21 Å². The molecule has 1 amide bonds. The fourth-order valence-electron chi connectivity index (χ4n) is 4.09. The van der Waals surface area contributed by atoms with Crippen LogP contribution in [0.3, 0.4) is 0 Å². The topological polar surface area (TPSA) is 79.0 Å². The van der Waals surface area contributed by atoms with E-state index in [2.05, 4.69) is 10.2 Å². The molecule has 1 aliphatic carbocycles. The lowest BCUT2D eigenvalue weighted by Gasteiger charge is -2.26. The number of anilines is 1. The molecule has 2 fully saturated rings. The van der Waals surface area contributed by atoms with Crippen molar-refractivity contribution in [2.24, 2.45) is 0 Å². The van der Waals surface area contributed by atoms with Crippen molar-refractivity contribution in [2.45, 2.75) is 55.9 Å². The van der Waals surface area contributed by atoms with Crippen molar-refractivity contribution in [3.05, 3.63) is 18.2 Å². The van der Waals surface area contributed by atoms with E-state index < -0.39 is 10.0 Å². The Morgan fingerprint density at radius 2 is 1.86 bits per heavy atom. The van der Waals surface area contributed by atoms with Gasteiger partial charge in [-0.2, -0.15) is 4.31 Å². The number of benzene rings is 1. The number of likely N-dealkylation sites (N-methyl/N-ethyl adjacent to an activating group) is 1. The molecule has 1 saturated carbocycles. The minimum atomic E-state index is -3.57. The van der Waals surface area contributed by atoms with Crippen LogP contribution in [0.1, 0.15) is 44.9 Å². The summed E-state index contributed by atoms with van der Waals surface area (Å²) >= 11 is 0. The lowest BCUT2D eigenvalue weighted by atomic mass is 10.2. The highest BCUT2D eigenvalue weighted by molar-refractivity contribution is 7.89. The summed E-state index contributed by atoms with van der Waals surface area (Å²) in [6, 6.07) is 5.10. The SMILES string of the molecule is COc1ccc(S(=O)(=O)N2CCCCC2)cc1NC(=O)CN(C)C1CCCC1. The fraction of sp³-hybridized carbons (Fsp3) is 0.650. The van der Waals surface area contributed by atoms with Crippen molar-refractivity contribution < 1.29 is 17.9 Å². The maximum absolute atomic E-state index is 12.9. The van der Waals surface area contributed by atoms with Crippen molar-refractivity contribution in [2.75, 3.05) is 39.1 Å². The number of nitrogens with one attached hydrogen (secondary N) is 1. The predicted molar refractivity (Wildman–Crippen MR) is 109 cm³/mol. The highest BCUT2D eigenvalue weighted by Crippen LogP contribution is 2.30. The summed E-state index contributed by atoms with van der Waals surface area (Å²) in [5.41, 5.74) is 0.394. The standard InChI is InChI=1S/C20H31N3O4S/c1-22(16-8-4-5-9-16)15-20(24)21-18-14-17(10-11-19(18)27-2)28(25,26)23-12-6-3-7-13-23/h10-11,14,16H,3-9,12-13,15H2,1-2H3,(H,21,24). The molecule has 1 aromatic rings. The summed E-state index contributed by atoms with van der Waals surface area (Å²) < 4.78 is 32.7. The van der Waals surface area contributed by atoms with Crippen LogP contribution in [0, 0.1) is 0 Å². The second kappa shape index (κ2) is 9.24. The van der Waals surface area contributed by atoms with Gasteiger partial charge in [0, 0.05) is 19.1 Å². The van der Waals surface area contributed by atoms with Gasteiger partial charge in [-0.25, -0.2) is 8.42 Å². The summed E-state index contributed by atoms with van der Waals surface area (Å²) in [5, 5.41) is 2.84. The van der Waals surface area contributed by atoms with E-state index >= 15 is 0 Å². The van der Waals surface area contributed by atoms with Gasteiger partial charge in [-0.15, -0.1) is 0 Å². The molecule has 8 heteroatoms. The Kier molecular flexibility index (Phi) is 6.95. The predicted octanol–water partition coefficient (Wildman–Crippen LogP) is 2.68. The molecule has 0 spiro atoms. The van der Waals surface area contributed by atoms with Crippen molar-refractivity contribution in [3.8, 4) is 5.75 Å². The summed E-state index contributed by atoms with van der Waals surface area (Å²) in [7, 11) is -0.0947. The molecule has 156 valence electrons. The number of hydrogen-bond acceptors (Lipinski definition) is 5. The molecule has 0 radical (unpaired) electrons. The average molecular weight is 410 g/mol. The minimum Gasteiger partial charge on any atom is -0.495 e. The van der Waals surface area contributed by atoms with Crippen LogP contribution in [-0.2, 0) is 14.8 Å². The smallest absolute Gasteiger partial charge is 0.243 e. The number of amides is 1. The van der Waals surface area contributed by atoms with Gasteiger partial charge < -0.3 is 10.1 Å². The number of hydrogen-bond donors (Lipinski definition) is 1. The van der Waals surface area contributed by atoms with Crippen LogP contribution in [0.25, 0.3) is 0 Å². The van der Waals surface area contributed by atoms with Crippen LogP contribution in [-0.4, -0.2) is 63.4 Å². The monoisotopic (exact) mass is 409 g/mol. The van der Waals surface area contributed by atoms with E-state index in [0.29, 0.717) is 30.6 Å². The minimum absolute atomic E-state index is 0.166. The molecule has 1 heterocycles. The first-order chi connectivity index (χ1) is 13.4. The third-order valence-electron chi connectivity index (χ3n) is 5.74. The Labute approximate surface area is 168 Å². The lowest BCUT2D eigenvalue weighted by molar-refractivity contribution is -0.117. The van der Waals surface area contributed by atoms with Gasteiger partial charge in [-0.3, -0.25) is 9.69 Å². The fourth-order valence-corrected chi connectivity index (χ4v) is 5.63. The van der Waals surface area contributed by atoms with E-state index in [1.165, 1.54) is 30.3 Å². The Bertz CT molecular complexity index is 785. The first-order valence-electron chi connectivity index (χ1n) is 10.1. The van der Waals surface area contributed by atoms with E-state index in [1.54, 1.807) is 12.1 Å². The number of sulfonamides is 1. The largest absolute Gasteiger partial charge is 0.495 e. The Morgan fingerprint density at radius 1 is 1.18 bits per heavy atom. The molecule has 1 aromatic carbocycles. The number of carbonyl (C=O) groups is 1. The van der Waals surface area contributed by atoms with Crippen LogP contribution >= 0.6 is 0 Å². The van der Waals surface area contributed by atoms with Crippen molar-refractivity contribution in [3.63, 3.8) is 0 Å². The Balaban J connectivity index is 1.74. The molecule has 2 aliphatic rings. The summed E-state index contributed by atoms with van der Waals surface area (Å²) in [4.78, 5) is 14.8. The third-order valence-corrected chi connectivity index (χ3v) is 7.63. The van der Waals surface area contributed by atoms with Crippen molar-refractivity contribution in [1.29, 1.82) is 0 Å². The lowest BCUT2D eigenvalue weighted by Crippen LogP contribution is -2.37. The van der Waals surface area contributed by atoms with Crippen LogP contribution in [0.2, 0.25) is 0 Å². The van der Waals surface area contributed by atoms with Gasteiger partial charge in [0.15, 0.2) is 0 Å². The van der Waals surface area contributed by atoms with Gasteiger partial charge in [-0.1, -0.05) is 19.3 Å². The van der Waals surface area contributed by atoms with Crippen LogP contribution < -0.4 is 10.1 Å². The van der Waals surface area contributed by atoms with Crippen LogP contribution in [0.15, 0.2) is 23.1 Å². The van der Waals surface area contributed by atoms with E-state index in [4.69, 9.17) is 4.74 Å². The van der Waals surface area contributed by atoms with Gasteiger partial charge in [0.05, 0.1) is 24.2 Å². The quantitative estimate of drug-likeness (QED) is 0.749. The molecule has 3 rings (SSSR count). The van der Waals surface area contributed by atoms with Gasteiger partial charge >= 0.3 is 0 Å². The van der Waals surface area contributed by atoms with Crippen LogP contribution in [0.5, 0.6) is 5.75 Å². The van der Waals surface area contributed by atoms with E-state index in [-0.39, 0.29) is 17.3 Å². The van der Waals surface area contributed by atoms with E-state index in [1.807, 2.05) is 7.05 Å². The van der Waals surface area contributed by atoms with E-state index in [9.17, 15) is 13.2 Å². The first kappa shape index (κ1) is 21.1. The third kappa shape index (κ3) is 4.85.